The molecule has 1 N–H and O–H groups in total. The molecule has 0 fully saturated rings. The van der Waals surface area contributed by atoms with E-state index in [1.807, 2.05) is 6.08 Å². The van der Waals surface area contributed by atoms with Crippen LogP contribution in [0, 0.1) is 11.8 Å². The second-order valence-corrected chi connectivity index (χ2v) is 3.91. The molecule has 11 heavy (non-hydrogen) atoms. The Morgan fingerprint density at radius 3 is 2.64 bits per heavy atom. The van der Waals surface area contributed by atoms with Gasteiger partial charge in [0.15, 0.2) is 0 Å². The monoisotopic (exact) mass is 154 g/mol. The summed E-state index contributed by atoms with van der Waals surface area (Å²) in [5.41, 5.74) is 0. The SMILES string of the molecule is CC1C/C=C\C(O)CC(C)C1. The van der Waals surface area contributed by atoms with Gasteiger partial charge in [0.1, 0.15) is 0 Å². The maximum atomic E-state index is 9.38. The first-order chi connectivity index (χ1) is 5.18. The molecule has 0 aromatic rings. The molecule has 1 aliphatic rings. The molecule has 64 valence electrons. The third-order valence-corrected chi connectivity index (χ3v) is 2.35. The highest BCUT2D eigenvalue weighted by atomic mass is 16.3. The van der Waals surface area contributed by atoms with Crippen molar-refractivity contribution in [2.45, 2.75) is 39.2 Å². The fraction of sp³-hybridized carbons (Fsp3) is 0.800. The van der Waals surface area contributed by atoms with E-state index in [1.165, 1.54) is 6.42 Å². The average Bonchev–Trinajstić information content (AvgIpc) is 1.83. The third-order valence-electron chi connectivity index (χ3n) is 2.35. The normalized spacial score (nSPS) is 42.6. The molecule has 0 saturated heterocycles. The van der Waals surface area contributed by atoms with Crippen molar-refractivity contribution >= 4 is 0 Å². The van der Waals surface area contributed by atoms with Crippen molar-refractivity contribution in [1.29, 1.82) is 0 Å². The Morgan fingerprint density at radius 1 is 1.18 bits per heavy atom. The molecule has 1 nitrogen and oxygen atoms in total. The Hall–Kier alpha value is -0.300. The van der Waals surface area contributed by atoms with Crippen molar-refractivity contribution in [3.8, 4) is 0 Å². The second kappa shape index (κ2) is 3.91. The van der Waals surface area contributed by atoms with E-state index in [0.29, 0.717) is 5.92 Å². The lowest BCUT2D eigenvalue weighted by molar-refractivity contribution is 0.178. The van der Waals surface area contributed by atoms with Crippen molar-refractivity contribution < 1.29 is 5.11 Å². The second-order valence-electron chi connectivity index (χ2n) is 3.91. The molecular weight excluding hydrogens is 136 g/mol. The molecule has 0 saturated carbocycles. The quantitative estimate of drug-likeness (QED) is 0.531. The van der Waals surface area contributed by atoms with Gasteiger partial charge in [-0.2, -0.15) is 0 Å². The maximum absolute atomic E-state index is 9.38. The van der Waals surface area contributed by atoms with Crippen LogP contribution in [0.3, 0.4) is 0 Å². The lowest BCUT2D eigenvalue weighted by Gasteiger charge is -2.20. The summed E-state index contributed by atoms with van der Waals surface area (Å²) < 4.78 is 0. The van der Waals surface area contributed by atoms with Gasteiger partial charge in [-0.3, -0.25) is 0 Å². The smallest absolute Gasteiger partial charge is 0.0723 e. The highest BCUT2D eigenvalue weighted by molar-refractivity contribution is 4.92. The minimum Gasteiger partial charge on any atom is -0.389 e. The van der Waals surface area contributed by atoms with Crippen LogP contribution in [0.1, 0.15) is 33.1 Å². The van der Waals surface area contributed by atoms with Gasteiger partial charge >= 0.3 is 0 Å². The molecule has 3 unspecified atom stereocenters. The molecule has 0 spiro atoms. The first kappa shape index (κ1) is 8.79. The van der Waals surface area contributed by atoms with Crippen molar-refractivity contribution in [2.75, 3.05) is 0 Å². The number of aliphatic hydroxyl groups excluding tert-OH is 1. The zero-order valence-electron chi connectivity index (χ0n) is 7.46. The van der Waals surface area contributed by atoms with Crippen molar-refractivity contribution in [3.05, 3.63) is 12.2 Å². The van der Waals surface area contributed by atoms with E-state index in [1.54, 1.807) is 0 Å². The lowest BCUT2D eigenvalue weighted by Crippen LogP contribution is -2.13. The molecule has 0 bridgehead atoms. The molecule has 0 aromatic carbocycles. The molecule has 1 aliphatic carbocycles. The van der Waals surface area contributed by atoms with E-state index in [9.17, 15) is 5.11 Å². The minimum absolute atomic E-state index is 0.197. The van der Waals surface area contributed by atoms with Crippen LogP contribution in [0.2, 0.25) is 0 Å². The van der Waals surface area contributed by atoms with Crippen LogP contribution in [0.15, 0.2) is 12.2 Å². The molecule has 1 heteroatoms. The van der Waals surface area contributed by atoms with E-state index >= 15 is 0 Å². The Labute approximate surface area is 69.1 Å². The summed E-state index contributed by atoms with van der Waals surface area (Å²) in [6, 6.07) is 0. The summed E-state index contributed by atoms with van der Waals surface area (Å²) in [6.45, 7) is 4.50. The largest absolute Gasteiger partial charge is 0.389 e. The van der Waals surface area contributed by atoms with E-state index in [4.69, 9.17) is 0 Å². The summed E-state index contributed by atoms with van der Waals surface area (Å²) in [4.78, 5) is 0. The molecule has 0 aliphatic heterocycles. The average molecular weight is 154 g/mol. The Morgan fingerprint density at radius 2 is 1.91 bits per heavy atom. The fourth-order valence-electron chi connectivity index (χ4n) is 1.84. The summed E-state index contributed by atoms with van der Waals surface area (Å²) in [6.07, 6.45) is 7.16. The van der Waals surface area contributed by atoms with Crippen LogP contribution in [-0.2, 0) is 0 Å². The van der Waals surface area contributed by atoms with Gasteiger partial charge in [-0.15, -0.1) is 0 Å². The van der Waals surface area contributed by atoms with Gasteiger partial charge in [-0.05, 0) is 31.1 Å². The van der Waals surface area contributed by atoms with Crippen molar-refractivity contribution in [1.82, 2.24) is 0 Å². The van der Waals surface area contributed by atoms with Gasteiger partial charge in [-0.1, -0.05) is 26.0 Å². The number of rotatable bonds is 0. The van der Waals surface area contributed by atoms with Crippen LogP contribution in [0.5, 0.6) is 0 Å². The zero-order valence-corrected chi connectivity index (χ0v) is 7.46. The van der Waals surface area contributed by atoms with Gasteiger partial charge in [0.25, 0.3) is 0 Å². The highest BCUT2D eigenvalue weighted by Crippen LogP contribution is 2.22. The molecule has 0 aromatic heterocycles. The molecule has 0 heterocycles. The molecule has 0 amide bonds. The van der Waals surface area contributed by atoms with Crippen LogP contribution in [0.25, 0.3) is 0 Å². The van der Waals surface area contributed by atoms with Crippen LogP contribution < -0.4 is 0 Å². The van der Waals surface area contributed by atoms with E-state index in [0.717, 1.165) is 18.8 Å². The van der Waals surface area contributed by atoms with Gasteiger partial charge in [0.05, 0.1) is 6.10 Å². The number of allylic oxidation sites excluding steroid dienone is 1. The number of hydrogen-bond acceptors (Lipinski definition) is 1. The maximum Gasteiger partial charge on any atom is 0.0723 e. The highest BCUT2D eigenvalue weighted by Gasteiger charge is 2.13. The van der Waals surface area contributed by atoms with E-state index < -0.39 is 0 Å². The predicted octanol–water partition coefficient (Wildman–Crippen LogP) is 2.36. The molecule has 1 rings (SSSR count). The van der Waals surface area contributed by atoms with Gasteiger partial charge < -0.3 is 5.11 Å². The van der Waals surface area contributed by atoms with Crippen LogP contribution >= 0.6 is 0 Å². The Kier molecular flexibility index (Phi) is 3.13. The van der Waals surface area contributed by atoms with Gasteiger partial charge in [-0.25, -0.2) is 0 Å². The summed E-state index contributed by atoms with van der Waals surface area (Å²) >= 11 is 0. The van der Waals surface area contributed by atoms with Crippen molar-refractivity contribution in [2.24, 2.45) is 11.8 Å². The molecule has 3 atom stereocenters. The van der Waals surface area contributed by atoms with Crippen LogP contribution in [0.4, 0.5) is 0 Å². The minimum atomic E-state index is -0.197. The topological polar surface area (TPSA) is 20.2 Å². The summed E-state index contributed by atoms with van der Waals surface area (Å²) in [7, 11) is 0. The predicted molar refractivity (Wildman–Crippen MR) is 47.3 cm³/mol. The first-order valence-electron chi connectivity index (χ1n) is 4.53. The van der Waals surface area contributed by atoms with Crippen molar-refractivity contribution in [3.63, 3.8) is 0 Å². The Bertz CT molecular complexity index is 140. The number of hydrogen-bond donors (Lipinski definition) is 1. The summed E-state index contributed by atoms with van der Waals surface area (Å²) in [5, 5.41) is 9.38. The Balaban J connectivity index is 2.49. The van der Waals surface area contributed by atoms with Gasteiger partial charge in [0.2, 0.25) is 0 Å². The van der Waals surface area contributed by atoms with E-state index in [-0.39, 0.29) is 6.10 Å². The zero-order chi connectivity index (χ0) is 8.27. The van der Waals surface area contributed by atoms with E-state index in [2.05, 4.69) is 19.9 Å². The fourth-order valence-corrected chi connectivity index (χ4v) is 1.84. The molecular formula is C10H18O. The van der Waals surface area contributed by atoms with Crippen LogP contribution in [-0.4, -0.2) is 11.2 Å². The first-order valence-corrected chi connectivity index (χ1v) is 4.53. The lowest BCUT2D eigenvalue weighted by atomic mass is 9.88. The standard InChI is InChI=1S/C10H18O/c1-8-4-3-5-10(11)7-9(2)6-8/h3,5,8-11H,4,6-7H2,1-2H3/b5-3-. The summed E-state index contributed by atoms with van der Waals surface area (Å²) in [5.74, 6) is 1.46. The molecule has 0 radical (unpaired) electrons. The third kappa shape index (κ3) is 3.06. The van der Waals surface area contributed by atoms with Gasteiger partial charge in [0, 0.05) is 0 Å². The number of aliphatic hydroxyl groups is 1.